The normalized spacial score (nSPS) is 15.3. The molecule has 2 heterocycles. The first kappa shape index (κ1) is 16.2. The highest BCUT2D eigenvalue weighted by Gasteiger charge is 2.25. The van der Waals surface area contributed by atoms with Crippen LogP contribution >= 0.6 is 0 Å². The van der Waals surface area contributed by atoms with Crippen molar-refractivity contribution in [2.75, 3.05) is 23.3 Å². The van der Waals surface area contributed by atoms with Crippen LogP contribution in [-0.2, 0) is 4.79 Å². The van der Waals surface area contributed by atoms with E-state index in [1.54, 1.807) is 6.33 Å². The van der Waals surface area contributed by atoms with Gasteiger partial charge < -0.3 is 15.3 Å². The second-order valence-corrected chi connectivity index (χ2v) is 6.36. The van der Waals surface area contributed by atoms with Crippen LogP contribution in [0.15, 0.2) is 30.6 Å². The molecule has 24 heavy (non-hydrogen) atoms. The molecule has 2 aromatic rings. The Bertz CT molecular complexity index is 719. The number of rotatable bonds is 4. The second kappa shape index (κ2) is 6.86. The van der Waals surface area contributed by atoms with Crippen LogP contribution in [0.25, 0.3) is 0 Å². The van der Waals surface area contributed by atoms with E-state index in [0.717, 1.165) is 17.3 Å². The molecule has 1 aliphatic heterocycles. The number of piperidine rings is 1. The summed E-state index contributed by atoms with van der Waals surface area (Å²) in [7, 11) is 0. The summed E-state index contributed by atoms with van der Waals surface area (Å²) in [5.74, 6) is 0.636. The third kappa shape index (κ3) is 3.82. The molecule has 2 N–H and O–H groups in total. The first-order valence-electron chi connectivity index (χ1n) is 8.16. The van der Waals surface area contributed by atoms with Crippen molar-refractivity contribution in [3.8, 4) is 0 Å². The zero-order chi connectivity index (χ0) is 17.1. The quantitative estimate of drug-likeness (QED) is 0.899. The lowest BCUT2D eigenvalue weighted by Gasteiger charge is -2.31. The van der Waals surface area contributed by atoms with Gasteiger partial charge in [-0.2, -0.15) is 0 Å². The topological polar surface area (TPSA) is 78.4 Å². The largest absolute Gasteiger partial charge is 0.481 e. The van der Waals surface area contributed by atoms with Crippen molar-refractivity contribution in [1.29, 1.82) is 0 Å². The van der Waals surface area contributed by atoms with E-state index >= 15 is 0 Å². The summed E-state index contributed by atoms with van der Waals surface area (Å²) in [6.45, 7) is 5.54. The van der Waals surface area contributed by atoms with Gasteiger partial charge in [0.15, 0.2) is 0 Å². The Morgan fingerprint density at radius 3 is 2.42 bits per heavy atom. The van der Waals surface area contributed by atoms with E-state index in [2.05, 4.69) is 52.2 Å². The molecule has 0 saturated carbocycles. The number of anilines is 3. The smallest absolute Gasteiger partial charge is 0.306 e. The maximum atomic E-state index is 11.1. The van der Waals surface area contributed by atoms with Crippen molar-refractivity contribution in [2.24, 2.45) is 5.92 Å². The Labute approximate surface area is 141 Å². The SMILES string of the molecule is Cc1cc(C)cc(Nc2cc(N3CCC(C(=O)O)CC3)ncn2)c1. The molecule has 1 aliphatic rings. The van der Waals surface area contributed by atoms with Gasteiger partial charge in [0.05, 0.1) is 5.92 Å². The Hall–Kier alpha value is -2.63. The van der Waals surface area contributed by atoms with Crippen molar-refractivity contribution in [2.45, 2.75) is 26.7 Å². The number of carbonyl (C=O) groups is 1. The van der Waals surface area contributed by atoms with Crippen LogP contribution in [0, 0.1) is 19.8 Å². The number of aryl methyl sites for hydroxylation is 2. The molecule has 1 aromatic carbocycles. The predicted octanol–water partition coefficient (Wildman–Crippen LogP) is 3.14. The van der Waals surface area contributed by atoms with Gasteiger partial charge in [0.1, 0.15) is 18.0 Å². The number of benzene rings is 1. The summed E-state index contributed by atoms with van der Waals surface area (Å²) in [4.78, 5) is 21.8. The van der Waals surface area contributed by atoms with E-state index in [1.807, 2.05) is 6.07 Å². The van der Waals surface area contributed by atoms with E-state index in [1.165, 1.54) is 11.1 Å². The third-order valence-electron chi connectivity index (χ3n) is 4.31. The monoisotopic (exact) mass is 326 g/mol. The van der Waals surface area contributed by atoms with Gasteiger partial charge in [-0.3, -0.25) is 4.79 Å². The Kier molecular flexibility index (Phi) is 4.64. The molecular formula is C18H22N4O2. The van der Waals surface area contributed by atoms with Gasteiger partial charge in [0.2, 0.25) is 0 Å². The molecular weight excluding hydrogens is 304 g/mol. The van der Waals surface area contributed by atoms with Crippen molar-refractivity contribution >= 4 is 23.3 Å². The average molecular weight is 326 g/mol. The maximum absolute atomic E-state index is 11.1. The summed E-state index contributed by atoms with van der Waals surface area (Å²) < 4.78 is 0. The molecule has 0 atom stereocenters. The number of aromatic nitrogens is 2. The number of nitrogens with zero attached hydrogens (tertiary/aromatic N) is 3. The Morgan fingerprint density at radius 2 is 1.79 bits per heavy atom. The zero-order valence-corrected chi connectivity index (χ0v) is 14.0. The maximum Gasteiger partial charge on any atom is 0.306 e. The van der Waals surface area contributed by atoms with Gasteiger partial charge in [-0.1, -0.05) is 6.07 Å². The van der Waals surface area contributed by atoms with Gasteiger partial charge in [-0.05, 0) is 49.9 Å². The highest BCUT2D eigenvalue weighted by molar-refractivity contribution is 5.70. The summed E-state index contributed by atoms with van der Waals surface area (Å²) in [6.07, 6.45) is 2.85. The number of carboxylic acid groups (broad SMARTS) is 1. The minimum atomic E-state index is -0.700. The lowest BCUT2D eigenvalue weighted by Crippen LogP contribution is -2.36. The molecule has 0 aliphatic carbocycles. The third-order valence-corrected chi connectivity index (χ3v) is 4.31. The first-order valence-corrected chi connectivity index (χ1v) is 8.16. The van der Waals surface area contributed by atoms with Gasteiger partial charge >= 0.3 is 5.97 Å². The van der Waals surface area contributed by atoms with Crippen LogP contribution in [-0.4, -0.2) is 34.1 Å². The van der Waals surface area contributed by atoms with Gasteiger partial charge in [0.25, 0.3) is 0 Å². The van der Waals surface area contributed by atoms with Crippen molar-refractivity contribution in [3.63, 3.8) is 0 Å². The van der Waals surface area contributed by atoms with E-state index < -0.39 is 5.97 Å². The molecule has 126 valence electrons. The van der Waals surface area contributed by atoms with Crippen LogP contribution in [0.2, 0.25) is 0 Å². The predicted molar refractivity (Wildman–Crippen MR) is 93.8 cm³/mol. The average Bonchev–Trinajstić information content (AvgIpc) is 2.54. The highest BCUT2D eigenvalue weighted by atomic mass is 16.4. The van der Waals surface area contributed by atoms with Crippen LogP contribution in [0.5, 0.6) is 0 Å². The summed E-state index contributed by atoms with van der Waals surface area (Å²) in [5.41, 5.74) is 3.40. The molecule has 3 rings (SSSR count). The van der Waals surface area contributed by atoms with Crippen molar-refractivity contribution < 1.29 is 9.90 Å². The number of hydrogen-bond acceptors (Lipinski definition) is 5. The molecule has 6 heteroatoms. The van der Waals surface area contributed by atoms with Gasteiger partial charge in [0, 0.05) is 24.8 Å². The van der Waals surface area contributed by atoms with E-state index in [-0.39, 0.29) is 5.92 Å². The highest BCUT2D eigenvalue weighted by Crippen LogP contribution is 2.24. The number of aliphatic carboxylic acids is 1. The summed E-state index contributed by atoms with van der Waals surface area (Å²) >= 11 is 0. The standard InChI is InChI=1S/C18H22N4O2/c1-12-7-13(2)9-15(8-12)21-16-10-17(20-11-19-16)22-5-3-14(4-6-22)18(23)24/h7-11,14H,3-6H2,1-2H3,(H,23,24)(H,19,20,21). The molecule has 1 aromatic heterocycles. The van der Waals surface area contributed by atoms with E-state index in [4.69, 9.17) is 5.11 Å². The number of hydrogen-bond donors (Lipinski definition) is 2. The fourth-order valence-corrected chi connectivity index (χ4v) is 3.14. The fraction of sp³-hybridized carbons (Fsp3) is 0.389. The molecule has 6 nitrogen and oxygen atoms in total. The number of nitrogens with one attached hydrogen (secondary N) is 1. The summed E-state index contributed by atoms with van der Waals surface area (Å²) in [6, 6.07) is 8.20. The number of carboxylic acids is 1. The minimum Gasteiger partial charge on any atom is -0.481 e. The lowest BCUT2D eigenvalue weighted by atomic mass is 9.97. The minimum absolute atomic E-state index is 0.240. The molecule has 0 bridgehead atoms. The van der Waals surface area contributed by atoms with Gasteiger partial charge in [-0.15, -0.1) is 0 Å². The lowest BCUT2D eigenvalue weighted by molar-refractivity contribution is -0.142. The molecule has 0 unspecified atom stereocenters. The van der Waals surface area contributed by atoms with Crippen LogP contribution in [0.3, 0.4) is 0 Å². The summed E-state index contributed by atoms with van der Waals surface area (Å²) in [5, 5.41) is 12.4. The van der Waals surface area contributed by atoms with Crippen LogP contribution < -0.4 is 10.2 Å². The fourth-order valence-electron chi connectivity index (χ4n) is 3.14. The van der Waals surface area contributed by atoms with Crippen molar-refractivity contribution in [3.05, 3.63) is 41.7 Å². The molecule has 0 spiro atoms. The molecule has 0 radical (unpaired) electrons. The zero-order valence-electron chi connectivity index (χ0n) is 14.0. The van der Waals surface area contributed by atoms with Crippen molar-refractivity contribution in [1.82, 2.24) is 9.97 Å². The van der Waals surface area contributed by atoms with E-state index in [0.29, 0.717) is 25.9 Å². The van der Waals surface area contributed by atoms with E-state index in [9.17, 15) is 4.79 Å². The Balaban J connectivity index is 1.71. The van der Waals surface area contributed by atoms with Gasteiger partial charge in [-0.25, -0.2) is 9.97 Å². The second-order valence-electron chi connectivity index (χ2n) is 6.36. The molecule has 1 saturated heterocycles. The molecule has 0 amide bonds. The van der Waals surface area contributed by atoms with Crippen LogP contribution in [0.1, 0.15) is 24.0 Å². The Morgan fingerprint density at radius 1 is 1.12 bits per heavy atom. The first-order chi connectivity index (χ1) is 11.5. The molecule has 1 fully saturated rings. The van der Waals surface area contributed by atoms with Crippen LogP contribution in [0.4, 0.5) is 17.3 Å².